The maximum absolute atomic E-state index is 12.4. The second-order valence-electron chi connectivity index (χ2n) is 13.1. The first kappa shape index (κ1) is 40.1. The summed E-state index contributed by atoms with van der Waals surface area (Å²) in [7, 11) is 0. The second kappa shape index (κ2) is 21.6. The van der Waals surface area contributed by atoms with Gasteiger partial charge in [-0.25, -0.2) is 9.59 Å². The summed E-state index contributed by atoms with van der Waals surface area (Å²) in [5.74, 6) is 1.48. The molecule has 12 nitrogen and oxygen atoms in total. The Bertz CT molecular complexity index is 1640. The first-order valence-corrected chi connectivity index (χ1v) is 19.0. The van der Waals surface area contributed by atoms with Crippen molar-refractivity contribution in [3.63, 3.8) is 0 Å². The molecule has 4 amide bonds. The number of urea groups is 2. The van der Waals surface area contributed by atoms with E-state index in [1.807, 2.05) is 44.2 Å². The zero-order valence-electron chi connectivity index (χ0n) is 30.6. The Kier molecular flexibility index (Phi) is 16.6. The number of aromatic nitrogens is 4. The maximum atomic E-state index is 12.4. The predicted octanol–water partition coefficient (Wildman–Crippen LogP) is 7.66. The number of nitrogens with one attached hydrogen (secondary N) is 4. The fourth-order valence-corrected chi connectivity index (χ4v) is 7.09. The minimum Gasteiger partial charge on any atom is -0.365 e. The highest BCUT2D eigenvalue weighted by Crippen LogP contribution is 2.37. The summed E-state index contributed by atoms with van der Waals surface area (Å²) < 4.78 is 4.93. The third kappa shape index (κ3) is 13.1. The molecule has 2 unspecified atom stereocenters. The summed E-state index contributed by atoms with van der Waals surface area (Å²) in [5, 5.41) is 16.3. The van der Waals surface area contributed by atoms with Gasteiger partial charge >= 0.3 is 12.1 Å². The SMILES string of the molecule is CC.Cc1cccc(C(NC(=O)NCCc2nc(N)no2)C2CCCC2)c1.O=C(NCCc1cnccn1)NC(c1cccc(Cl)c1)C1CCCC1. The highest BCUT2D eigenvalue weighted by atomic mass is 35.5. The van der Waals surface area contributed by atoms with E-state index in [9.17, 15) is 9.59 Å². The van der Waals surface area contributed by atoms with Crippen molar-refractivity contribution in [2.24, 2.45) is 11.8 Å². The van der Waals surface area contributed by atoms with Crippen LogP contribution in [0.25, 0.3) is 0 Å². The number of carbonyl (C=O) groups excluding carboxylic acids is 2. The van der Waals surface area contributed by atoms with Crippen LogP contribution >= 0.6 is 11.6 Å². The van der Waals surface area contributed by atoms with Gasteiger partial charge in [0, 0.05) is 49.5 Å². The maximum Gasteiger partial charge on any atom is 0.315 e. The minimum atomic E-state index is -0.175. The second-order valence-corrected chi connectivity index (χ2v) is 13.5. The molecule has 6 rings (SSSR count). The van der Waals surface area contributed by atoms with Gasteiger partial charge in [0.15, 0.2) is 0 Å². The largest absolute Gasteiger partial charge is 0.365 e. The van der Waals surface area contributed by atoms with E-state index in [4.69, 9.17) is 21.9 Å². The molecule has 2 saturated carbocycles. The molecule has 6 N–H and O–H groups in total. The molecule has 280 valence electrons. The van der Waals surface area contributed by atoms with Gasteiger partial charge in [-0.2, -0.15) is 4.98 Å². The lowest BCUT2D eigenvalue weighted by Crippen LogP contribution is -2.41. The number of anilines is 1. The number of nitrogens with zero attached hydrogens (tertiary/aromatic N) is 4. The first-order chi connectivity index (χ1) is 25.3. The van der Waals surface area contributed by atoms with Crippen molar-refractivity contribution < 1.29 is 14.1 Å². The van der Waals surface area contributed by atoms with Gasteiger partial charge in [-0.15, -0.1) is 0 Å². The third-order valence-electron chi connectivity index (χ3n) is 9.32. The van der Waals surface area contributed by atoms with Gasteiger partial charge in [-0.05, 0) is 72.9 Å². The molecule has 0 bridgehead atoms. The molecule has 2 aromatic heterocycles. The first-order valence-electron chi connectivity index (χ1n) is 18.6. The topological polar surface area (TPSA) is 173 Å². The lowest BCUT2D eigenvalue weighted by Gasteiger charge is -2.25. The number of benzene rings is 2. The van der Waals surface area contributed by atoms with Gasteiger partial charge in [-0.1, -0.05) is 93.1 Å². The Morgan fingerprint density at radius 1 is 0.846 bits per heavy atom. The van der Waals surface area contributed by atoms with Crippen LogP contribution in [0.5, 0.6) is 0 Å². The van der Waals surface area contributed by atoms with Crippen molar-refractivity contribution in [2.45, 2.75) is 97.1 Å². The van der Waals surface area contributed by atoms with Crippen LogP contribution in [0.3, 0.4) is 0 Å². The molecule has 2 aromatic carbocycles. The van der Waals surface area contributed by atoms with E-state index in [1.54, 1.807) is 18.6 Å². The molecule has 2 fully saturated rings. The van der Waals surface area contributed by atoms with Crippen molar-refractivity contribution in [1.29, 1.82) is 0 Å². The summed E-state index contributed by atoms with van der Waals surface area (Å²) in [6.45, 7) is 7.02. The van der Waals surface area contributed by atoms with Crippen molar-refractivity contribution in [3.8, 4) is 0 Å². The molecular formula is C39H54ClN9O3. The van der Waals surface area contributed by atoms with Gasteiger partial charge in [0.2, 0.25) is 5.89 Å². The summed E-state index contributed by atoms with van der Waals surface area (Å²) in [6.07, 6.45) is 15.6. The lowest BCUT2D eigenvalue weighted by molar-refractivity contribution is 0.230. The molecule has 0 aliphatic heterocycles. The molecule has 2 heterocycles. The number of carbonyl (C=O) groups is 2. The van der Waals surface area contributed by atoms with E-state index < -0.39 is 0 Å². The van der Waals surface area contributed by atoms with Crippen LogP contribution in [-0.2, 0) is 12.8 Å². The van der Waals surface area contributed by atoms with Crippen molar-refractivity contribution in [1.82, 2.24) is 41.4 Å². The number of aryl methyl sites for hydroxylation is 1. The fourth-order valence-electron chi connectivity index (χ4n) is 6.89. The predicted molar refractivity (Wildman–Crippen MR) is 205 cm³/mol. The van der Waals surface area contributed by atoms with E-state index in [0.717, 1.165) is 36.9 Å². The molecule has 0 radical (unpaired) electrons. The van der Waals surface area contributed by atoms with E-state index in [0.29, 0.717) is 48.7 Å². The van der Waals surface area contributed by atoms with Crippen LogP contribution in [0.2, 0.25) is 5.02 Å². The van der Waals surface area contributed by atoms with Crippen LogP contribution in [0.1, 0.15) is 106 Å². The number of nitrogen functional groups attached to an aromatic ring is 1. The summed E-state index contributed by atoms with van der Waals surface area (Å²) >= 11 is 6.14. The van der Waals surface area contributed by atoms with Gasteiger partial charge in [-0.3, -0.25) is 9.97 Å². The molecule has 0 spiro atoms. The fraction of sp³-hybridized carbons (Fsp3) is 0.487. The highest BCUT2D eigenvalue weighted by Gasteiger charge is 2.29. The Labute approximate surface area is 312 Å². The molecule has 2 atom stereocenters. The number of halogens is 1. The van der Waals surface area contributed by atoms with Crippen LogP contribution < -0.4 is 27.0 Å². The van der Waals surface area contributed by atoms with Gasteiger partial charge in [0.25, 0.3) is 5.95 Å². The average Bonchev–Trinajstić information content (AvgIpc) is 3.96. The van der Waals surface area contributed by atoms with Crippen molar-refractivity contribution in [2.75, 3.05) is 18.8 Å². The van der Waals surface area contributed by atoms with Crippen LogP contribution in [-0.4, -0.2) is 45.3 Å². The number of rotatable bonds is 12. The molecule has 4 aromatic rings. The number of nitrogens with two attached hydrogens (primary N) is 1. The Hall–Kier alpha value is -4.71. The van der Waals surface area contributed by atoms with Crippen molar-refractivity contribution >= 4 is 29.6 Å². The smallest absolute Gasteiger partial charge is 0.315 e. The highest BCUT2D eigenvalue weighted by molar-refractivity contribution is 6.30. The molecule has 13 heteroatoms. The minimum absolute atomic E-state index is 0.00211. The number of hydrogen-bond acceptors (Lipinski definition) is 8. The van der Waals surface area contributed by atoms with E-state index >= 15 is 0 Å². The van der Waals surface area contributed by atoms with Crippen molar-refractivity contribution in [3.05, 3.63) is 100 Å². The van der Waals surface area contributed by atoms with Gasteiger partial charge in [0.1, 0.15) is 0 Å². The standard InChI is InChI=1S/C19H23ClN4O.C18H25N5O2.C2H6/c20-16-7-3-6-15(12-16)18(14-4-1-2-5-14)24-19(25)23-9-8-17-13-21-10-11-22-17;1-12-5-4-8-14(11-12)16(13-6-2-3-7-13)22-18(24)20-10-9-15-21-17(19)23-25-15;1-2/h3,6-7,10-14,18H,1-2,4-5,8-9H2,(H2,23,24,25);4-5,8,11,13,16H,2-3,6-7,9-10H2,1H3,(H2,19,23)(H2,20,22,24);1-2H3. The lowest BCUT2D eigenvalue weighted by atomic mass is 9.91. The Balaban J connectivity index is 0.000000222. The van der Waals surface area contributed by atoms with Gasteiger partial charge < -0.3 is 31.5 Å². The number of amides is 4. The summed E-state index contributed by atoms with van der Waals surface area (Å²) in [4.78, 5) is 36.9. The monoisotopic (exact) mass is 731 g/mol. The molecule has 0 saturated heterocycles. The molecule has 2 aliphatic carbocycles. The normalized spacial score (nSPS) is 15.3. The van der Waals surface area contributed by atoms with E-state index in [-0.39, 0.29) is 30.1 Å². The third-order valence-corrected chi connectivity index (χ3v) is 9.55. The molecule has 2 aliphatic rings. The number of hydrogen-bond donors (Lipinski definition) is 5. The summed E-state index contributed by atoms with van der Waals surface area (Å²) in [6, 6.07) is 15.9. The molecule has 52 heavy (non-hydrogen) atoms. The van der Waals surface area contributed by atoms with Crippen LogP contribution in [0, 0.1) is 18.8 Å². The van der Waals surface area contributed by atoms with Crippen LogP contribution in [0.15, 0.2) is 71.6 Å². The quantitative estimate of drug-likeness (QED) is 0.0988. The van der Waals surface area contributed by atoms with E-state index in [1.165, 1.54) is 36.8 Å². The average molecular weight is 732 g/mol. The zero-order valence-corrected chi connectivity index (χ0v) is 31.4. The van der Waals surface area contributed by atoms with Crippen LogP contribution in [0.4, 0.5) is 15.5 Å². The molecular weight excluding hydrogens is 678 g/mol. The Morgan fingerprint density at radius 3 is 1.94 bits per heavy atom. The Morgan fingerprint density at radius 2 is 1.42 bits per heavy atom. The summed E-state index contributed by atoms with van der Waals surface area (Å²) in [5.41, 5.74) is 9.72. The zero-order chi connectivity index (χ0) is 37.1. The van der Waals surface area contributed by atoms with Gasteiger partial charge in [0.05, 0.1) is 17.8 Å². The van der Waals surface area contributed by atoms with E-state index in [2.05, 4.69) is 66.5 Å².